The fourth-order valence-corrected chi connectivity index (χ4v) is 7.20. The predicted molar refractivity (Wildman–Crippen MR) is 210 cm³/mol. The van der Waals surface area contributed by atoms with E-state index in [2.05, 4.69) is 19.2 Å². The second-order valence-electron chi connectivity index (χ2n) is 15.8. The fourth-order valence-electron chi connectivity index (χ4n) is 7.20. The Balaban J connectivity index is 2.49. The third-order valence-corrected chi connectivity index (χ3v) is 10.9. The van der Waals surface area contributed by atoms with Crippen LogP contribution in [-0.4, -0.2) is 110 Å². The van der Waals surface area contributed by atoms with Crippen LogP contribution in [0.15, 0.2) is 0 Å². The molecule has 316 valence electrons. The second-order valence-corrected chi connectivity index (χ2v) is 15.8. The summed E-state index contributed by atoms with van der Waals surface area (Å²) >= 11 is 0. The molecule has 0 bridgehead atoms. The first kappa shape index (κ1) is 50.1. The maximum Gasteiger partial charge on any atom is 0.249 e. The third kappa shape index (κ3) is 23.7. The van der Waals surface area contributed by atoms with Gasteiger partial charge in [-0.25, -0.2) is 0 Å². The Labute approximate surface area is 322 Å². The van der Waals surface area contributed by atoms with Crippen molar-refractivity contribution in [3.63, 3.8) is 0 Å². The number of aliphatic hydroxyl groups is 7. The summed E-state index contributed by atoms with van der Waals surface area (Å²) in [6.07, 6.45) is 20.1. The second kappa shape index (κ2) is 33.3. The zero-order valence-electron chi connectivity index (χ0n) is 33.8. The van der Waals surface area contributed by atoms with Crippen molar-refractivity contribution in [1.82, 2.24) is 5.32 Å². The quantitative estimate of drug-likeness (QED) is 0.0335. The molecule has 0 radical (unpaired) electrons. The Kier molecular flexibility index (Phi) is 31.5. The molecule has 11 heteroatoms. The molecule has 0 aromatic rings. The molecular weight excluding hydrogens is 678 g/mol. The number of hydrogen-bond acceptors (Lipinski definition) is 10. The van der Waals surface area contributed by atoms with Crippen molar-refractivity contribution in [3.05, 3.63) is 0 Å². The summed E-state index contributed by atoms with van der Waals surface area (Å²) in [5.41, 5.74) is 0. The van der Waals surface area contributed by atoms with Crippen molar-refractivity contribution < 1.29 is 50.0 Å². The highest BCUT2D eigenvalue weighted by Crippen LogP contribution is 2.23. The molecule has 1 amide bonds. The third-order valence-electron chi connectivity index (χ3n) is 10.9. The zero-order chi connectivity index (χ0) is 39.1. The molecule has 0 spiro atoms. The van der Waals surface area contributed by atoms with Gasteiger partial charge >= 0.3 is 0 Å². The van der Waals surface area contributed by atoms with Gasteiger partial charge in [-0.05, 0) is 12.8 Å². The van der Waals surface area contributed by atoms with Gasteiger partial charge in [0, 0.05) is 0 Å². The van der Waals surface area contributed by atoms with Crippen LogP contribution in [0.4, 0.5) is 0 Å². The first-order chi connectivity index (χ1) is 25.7. The van der Waals surface area contributed by atoms with Crippen LogP contribution >= 0.6 is 0 Å². The molecule has 0 aromatic carbocycles. The molecule has 9 atom stereocenters. The molecule has 8 N–H and O–H groups in total. The maximum atomic E-state index is 13.0. The Morgan fingerprint density at radius 3 is 1.40 bits per heavy atom. The Hall–Kier alpha value is -0.890. The van der Waals surface area contributed by atoms with Gasteiger partial charge in [-0.2, -0.15) is 0 Å². The lowest BCUT2D eigenvalue weighted by atomic mass is 9.98. The topological polar surface area (TPSA) is 189 Å². The number of carbonyl (C=O) groups excluding carboxylic acids is 1. The molecule has 53 heavy (non-hydrogen) atoms. The molecule has 1 aliphatic rings. The zero-order valence-corrected chi connectivity index (χ0v) is 33.8. The molecule has 0 aromatic heterocycles. The summed E-state index contributed by atoms with van der Waals surface area (Å²) in [4.78, 5) is 13.0. The lowest BCUT2D eigenvalue weighted by molar-refractivity contribution is -0.303. The van der Waals surface area contributed by atoms with Gasteiger partial charge in [-0.3, -0.25) is 4.79 Å². The summed E-state index contributed by atoms with van der Waals surface area (Å²) in [7, 11) is 0. The van der Waals surface area contributed by atoms with E-state index in [1.807, 2.05) is 0 Å². The molecule has 1 fully saturated rings. The Morgan fingerprint density at radius 1 is 0.585 bits per heavy atom. The van der Waals surface area contributed by atoms with Gasteiger partial charge in [0.05, 0.1) is 25.4 Å². The minimum absolute atomic E-state index is 0.265. The van der Waals surface area contributed by atoms with E-state index in [0.29, 0.717) is 19.3 Å². The van der Waals surface area contributed by atoms with Crippen LogP contribution in [0.5, 0.6) is 0 Å². The molecule has 1 rings (SSSR count). The number of unbranched alkanes of at least 4 members (excludes halogenated alkanes) is 24. The minimum Gasteiger partial charge on any atom is -0.394 e. The first-order valence-electron chi connectivity index (χ1n) is 21.9. The van der Waals surface area contributed by atoms with E-state index in [4.69, 9.17) is 9.47 Å². The minimum atomic E-state index is -1.65. The van der Waals surface area contributed by atoms with E-state index in [1.165, 1.54) is 116 Å². The highest BCUT2D eigenvalue weighted by atomic mass is 16.7. The maximum absolute atomic E-state index is 13.0. The Bertz CT molecular complexity index is 836. The van der Waals surface area contributed by atoms with E-state index in [9.17, 15) is 40.5 Å². The molecule has 1 heterocycles. The SMILES string of the molecule is CCCCCCCCCCCCCCCCCC(O)C(O)C(COC1OC(CO)C(O)C(O)C1O)NC(=O)C(O)CCCCCCCCCCCCC. The average molecular weight is 762 g/mol. The van der Waals surface area contributed by atoms with Gasteiger partial charge in [0.1, 0.15) is 36.6 Å². The highest BCUT2D eigenvalue weighted by Gasteiger charge is 2.44. The highest BCUT2D eigenvalue weighted by molar-refractivity contribution is 5.80. The normalized spacial score (nSPS) is 22.8. The van der Waals surface area contributed by atoms with Crippen molar-refractivity contribution in [2.24, 2.45) is 0 Å². The molecule has 0 aliphatic carbocycles. The number of amides is 1. The summed E-state index contributed by atoms with van der Waals surface area (Å²) in [5.74, 6) is -0.697. The summed E-state index contributed by atoms with van der Waals surface area (Å²) in [6, 6.07) is -1.16. The van der Waals surface area contributed by atoms with Gasteiger partial charge in [0.2, 0.25) is 5.91 Å². The van der Waals surface area contributed by atoms with Crippen molar-refractivity contribution in [3.8, 4) is 0 Å². The fraction of sp³-hybridized carbons (Fsp3) is 0.976. The monoisotopic (exact) mass is 762 g/mol. The Morgan fingerprint density at radius 2 is 0.981 bits per heavy atom. The average Bonchev–Trinajstić information content (AvgIpc) is 3.16. The van der Waals surface area contributed by atoms with Crippen molar-refractivity contribution in [1.29, 1.82) is 0 Å². The molecular formula is C42H83NO10. The number of aliphatic hydroxyl groups excluding tert-OH is 7. The summed E-state index contributed by atoms with van der Waals surface area (Å²) in [5, 5.41) is 75.4. The van der Waals surface area contributed by atoms with E-state index in [-0.39, 0.29) is 6.42 Å². The van der Waals surface area contributed by atoms with E-state index in [1.54, 1.807) is 0 Å². The van der Waals surface area contributed by atoms with Crippen LogP contribution in [-0.2, 0) is 14.3 Å². The summed E-state index contributed by atoms with van der Waals surface area (Å²) < 4.78 is 11.1. The molecule has 9 unspecified atom stereocenters. The standard InChI is InChI=1S/C42H83NO10/c1-3-5-7-9-11-13-15-16-17-18-20-21-23-25-27-29-34(45)37(47)33(32-52-42-40(50)39(49)38(48)36(31-44)53-42)43-41(51)35(46)30-28-26-24-22-19-14-12-10-8-6-4-2/h33-40,42,44-50H,3-32H2,1-2H3,(H,43,51). The number of rotatable bonds is 36. The van der Waals surface area contributed by atoms with Gasteiger partial charge in [-0.1, -0.05) is 181 Å². The van der Waals surface area contributed by atoms with Crippen molar-refractivity contribution in [2.75, 3.05) is 13.2 Å². The van der Waals surface area contributed by atoms with Crippen LogP contribution in [0.2, 0.25) is 0 Å². The lowest BCUT2D eigenvalue weighted by Crippen LogP contribution is -2.60. The number of nitrogens with one attached hydrogen (secondary N) is 1. The molecule has 1 saturated heterocycles. The van der Waals surface area contributed by atoms with Gasteiger partial charge in [0.15, 0.2) is 6.29 Å². The van der Waals surface area contributed by atoms with Crippen molar-refractivity contribution >= 4 is 5.91 Å². The van der Waals surface area contributed by atoms with Gasteiger partial charge < -0.3 is 50.5 Å². The van der Waals surface area contributed by atoms with Crippen molar-refractivity contribution in [2.45, 2.75) is 249 Å². The van der Waals surface area contributed by atoms with Gasteiger partial charge in [0.25, 0.3) is 0 Å². The van der Waals surface area contributed by atoms with Crippen LogP contribution in [0.3, 0.4) is 0 Å². The predicted octanol–water partition coefficient (Wildman–Crippen LogP) is 6.33. The first-order valence-corrected chi connectivity index (χ1v) is 21.9. The van der Waals surface area contributed by atoms with E-state index in [0.717, 1.165) is 38.5 Å². The smallest absolute Gasteiger partial charge is 0.249 e. The molecule has 0 saturated carbocycles. The summed E-state index contributed by atoms with van der Waals surface area (Å²) in [6.45, 7) is 3.42. The number of ether oxygens (including phenoxy) is 2. The molecule has 11 nitrogen and oxygen atoms in total. The largest absolute Gasteiger partial charge is 0.394 e. The number of carbonyl (C=O) groups is 1. The molecule has 1 aliphatic heterocycles. The van der Waals surface area contributed by atoms with Crippen LogP contribution in [0.1, 0.15) is 194 Å². The number of hydrogen-bond donors (Lipinski definition) is 8. The van der Waals surface area contributed by atoms with E-state index >= 15 is 0 Å². The van der Waals surface area contributed by atoms with Gasteiger partial charge in [-0.15, -0.1) is 0 Å². The van der Waals surface area contributed by atoms with E-state index < -0.39 is 74.2 Å². The van der Waals surface area contributed by atoms with Crippen LogP contribution in [0.25, 0.3) is 0 Å². The lowest BCUT2D eigenvalue weighted by Gasteiger charge is -2.40. The van der Waals surface area contributed by atoms with Crippen LogP contribution < -0.4 is 5.32 Å². The van der Waals surface area contributed by atoms with Crippen LogP contribution in [0, 0.1) is 0 Å².